The first kappa shape index (κ1) is 23.3. The third-order valence-corrected chi connectivity index (χ3v) is 10.9. The summed E-state index contributed by atoms with van der Waals surface area (Å²) in [5, 5.41) is 31.4. The molecule has 4 fully saturated rings. The fraction of sp³-hybridized carbons (Fsp3) is 0.889. The van der Waals surface area contributed by atoms with Crippen LogP contribution in [-0.4, -0.2) is 33.5 Å². The zero-order chi connectivity index (χ0) is 22.6. The molecule has 31 heavy (non-hydrogen) atoms. The molecule has 4 nitrogen and oxygen atoms in total. The predicted octanol–water partition coefficient (Wildman–Crippen LogP) is 5.28. The van der Waals surface area contributed by atoms with Crippen LogP contribution in [-0.2, 0) is 4.79 Å². The monoisotopic (exact) mass is 432 g/mol. The van der Waals surface area contributed by atoms with Crippen molar-refractivity contribution < 1.29 is 20.1 Å². The SMILES string of the molecule is C=CCC1C(O)C2C3CCC(C(C)CCC(=O)O)C3(C)CCC2C2(C)CCC(O)CC12. The summed E-state index contributed by atoms with van der Waals surface area (Å²) < 4.78 is 0. The molecule has 4 aliphatic rings. The van der Waals surface area contributed by atoms with Crippen LogP contribution in [0.5, 0.6) is 0 Å². The van der Waals surface area contributed by atoms with Crippen molar-refractivity contribution in [3.05, 3.63) is 12.7 Å². The molecule has 0 aromatic carbocycles. The van der Waals surface area contributed by atoms with Crippen LogP contribution < -0.4 is 0 Å². The number of fused-ring (bicyclic) bond motifs is 5. The van der Waals surface area contributed by atoms with Gasteiger partial charge in [-0.3, -0.25) is 4.79 Å². The Morgan fingerprint density at radius 3 is 2.42 bits per heavy atom. The van der Waals surface area contributed by atoms with Gasteiger partial charge < -0.3 is 15.3 Å². The minimum absolute atomic E-state index is 0.199. The van der Waals surface area contributed by atoms with E-state index in [9.17, 15) is 15.0 Å². The number of allylic oxidation sites excluding steroid dienone is 1. The van der Waals surface area contributed by atoms with Crippen LogP contribution >= 0.6 is 0 Å². The lowest BCUT2D eigenvalue weighted by Gasteiger charge is -2.64. The first-order chi connectivity index (χ1) is 14.6. The van der Waals surface area contributed by atoms with E-state index in [-0.39, 0.29) is 35.4 Å². The Kier molecular flexibility index (Phi) is 6.37. The molecule has 0 aliphatic heterocycles. The molecular formula is C27H44O4. The Labute approximate surface area is 188 Å². The van der Waals surface area contributed by atoms with Gasteiger partial charge in [-0.25, -0.2) is 0 Å². The van der Waals surface area contributed by atoms with E-state index in [1.54, 1.807) is 0 Å². The largest absolute Gasteiger partial charge is 0.481 e. The first-order valence-electron chi connectivity index (χ1n) is 12.8. The summed E-state index contributed by atoms with van der Waals surface area (Å²) in [6.45, 7) is 11.2. The second-order valence-corrected chi connectivity index (χ2v) is 12.1. The average molecular weight is 433 g/mol. The van der Waals surface area contributed by atoms with Crippen LogP contribution in [0.3, 0.4) is 0 Å². The highest BCUT2D eigenvalue weighted by atomic mass is 16.4. The van der Waals surface area contributed by atoms with Gasteiger partial charge in [0.05, 0.1) is 12.2 Å². The maximum absolute atomic E-state index is 11.8. The van der Waals surface area contributed by atoms with Crippen LogP contribution in [0, 0.1) is 52.3 Å². The van der Waals surface area contributed by atoms with Gasteiger partial charge in [0, 0.05) is 6.42 Å². The zero-order valence-electron chi connectivity index (χ0n) is 19.8. The van der Waals surface area contributed by atoms with Gasteiger partial charge in [-0.2, -0.15) is 0 Å². The molecule has 0 radical (unpaired) electrons. The van der Waals surface area contributed by atoms with Gasteiger partial charge in [-0.05, 0) is 110 Å². The normalized spacial score (nSPS) is 50.1. The molecule has 4 saturated carbocycles. The number of rotatable bonds is 6. The molecule has 4 heteroatoms. The molecule has 4 rings (SSSR count). The van der Waals surface area contributed by atoms with Gasteiger partial charge in [-0.15, -0.1) is 6.58 Å². The Balaban J connectivity index is 1.63. The van der Waals surface area contributed by atoms with Crippen LogP contribution in [0.15, 0.2) is 12.7 Å². The first-order valence-corrected chi connectivity index (χ1v) is 12.8. The molecule has 3 N–H and O–H groups in total. The fourth-order valence-corrected chi connectivity index (χ4v) is 9.46. The number of aliphatic hydroxyl groups excluding tert-OH is 2. The lowest BCUT2D eigenvalue weighted by Crippen LogP contribution is -2.62. The number of aliphatic hydroxyl groups is 2. The van der Waals surface area contributed by atoms with E-state index >= 15 is 0 Å². The summed E-state index contributed by atoms with van der Waals surface area (Å²) in [5.41, 5.74) is 0.404. The maximum Gasteiger partial charge on any atom is 0.303 e. The molecule has 0 saturated heterocycles. The molecule has 11 unspecified atom stereocenters. The molecule has 0 bridgehead atoms. The standard InChI is InChI=1S/C27H44O4/c1-5-6-18-22-15-17(28)11-13-27(22,4)21-12-14-26(3)19(16(2)7-10-23(29)30)8-9-20(26)24(21)25(18)31/h5,16-22,24-25,28,31H,1,6-15H2,2-4H3,(H,29,30). The molecular weight excluding hydrogens is 388 g/mol. The van der Waals surface area contributed by atoms with E-state index in [4.69, 9.17) is 5.11 Å². The van der Waals surface area contributed by atoms with Crippen LogP contribution in [0.25, 0.3) is 0 Å². The number of hydrogen-bond donors (Lipinski definition) is 3. The van der Waals surface area contributed by atoms with Gasteiger partial charge in [0.25, 0.3) is 0 Å². The van der Waals surface area contributed by atoms with Gasteiger partial charge in [-0.1, -0.05) is 26.8 Å². The summed E-state index contributed by atoms with van der Waals surface area (Å²) >= 11 is 0. The van der Waals surface area contributed by atoms with Crippen molar-refractivity contribution in [2.45, 2.75) is 97.2 Å². The van der Waals surface area contributed by atoms with Crippen LogP contribution in [0.2, 0.25) is 0 Å². The second kappa shape index (κ2) is 8.48. The van der Waals surface area contributed by atoms with E-state index in [1.165, 1.54) is 25.7 Å². The molecule has 0 aromatic rings. The lowest BCUT2D eigenvalue weighted by molar-refractivity contribution is -0.202. The quantitative estimate of drug-likeness (QED) is 0.499. The van der Waals surface area contributed by atoms with E-state index in [1.807, 2.05) is 6.08 Å². The number of hydrogen-bond acceptors (Lipinski definition) is 3. The molecule has 0 aromatic heterocycles. The van der Waals surface area contributed by atoms with E-state index in [2.05, 4.69) is 27.4 Å². The third kappa shape index (κ3) is 3.70. The number of aliphatic carboxylic acids is 1. The predicted molar refractivity (Wildman–Crippen MR) is 122 cm³/mol. The molecule has 0 heterocycles. The summed E-state index contributed by atoms with van der Waals surface area (Å²) in [6, 6.07) is 0. The van der Waals surface area contributed by atoms with Crippen molar-refractivity contribution in [1.29, 1.82) is 0 Å². The van der Waals surface area contributed by atoms with Crippen molar-refractivity contribution >= 4 is 5.97 Å². The number of carbonyl (C=O) groups is 1. The third-order valence-electron chi connectivity index (χ3n) is 10.9. The Morgan fingerprint density at radius 2 is 1.74 bits per heavy atom. The molecule has 176 valence electrons. The summed E-state index contributed by atoms with van der Waals surface area (Å²) in [5.74, 6) is 2.25. The van der Waals surface area contributed by atoms with Crippen LogP contribution in [0.1, 0.15) is 85.0 Å². The smallest absolute Gasteiger partial charge is 0.303 e. The molecule has 0 amide bonds. The lowest BCUT2D eigenvalue weighted by atomic mass is 9.41. The fourth-order valence-electron chi connectivity index (χ4n) is 9.46. The zero-order valence-corrected chi connectivity index (χ0v) is 19.8. The summed E-state index contributed by atoms with van der Waals surface area (Å²) in [4.78, 5) is 11.1. The van der Waals surface area contributed by atoms with E-state index in [0.717, 1.165) is 32.1 Å². The molecule has 11 atom stereocenters. The summed E-state index contributed by atoms with van der Waals surface area (Å²) in [6.07, 6.45) is 10.8. The van der Waals surface area contributed by atoms with Gasteiger partial charge >= 0.3 is 5.97 Å². The minimum atomic E-state index is -0.691. The second-order valence-electron chi connectivity index (χ2n) is 12.1. The van der Waals surface area contributed by atoms with Crippen molar-refractivity contribution in [2.24, 2.45) is 52.3 Å². The van der Waals surface area contributed by atoms with Gasteiger partial charge in [0.15, 0.2) is 0 Å². The Morgan fingerprint density at radius 1 is 1.06 bits per heavy atom. The highest BCUT2D eigenvalue weighted by Crippen LogP contribution is 2.69. The van der Waals surface area contributed by atoms with Gasteiger partial charge in [0.2, 0.25) is 0 Å². The van der Waals surface area contributed by atoms with Crippen molar-refractivity contribution in [1.82, 2.24) is 0 Å². The minimum Gasteiger partial charge on any atom is -0.481 e. The number of carboxylic acid groups (broad SMARTS) is 1. The molecule has 0 spiro atoms. The van der Waals surface area contributed by atoms with Crippen LogP contribution in [0.4, 0.5) is 0 Å². The summed E-state index contributed by atoms with van der Waals surface area (Å²) in [7, 11) is 0. The maximum atomic E-state index is 11.8. The topological polar surface area (TPSA) is 77.8 Å². The molecule has 4 aliphatic carbocycles. The van der Waals surface area contributed by atoms with Gasteiger partial charge in [0.1, 0.15) is 0 Å². The van der Waals surface area contributed by atoms with E-state index in [0.29, 0.717) is 35.5 Å². The highest BCUT2D eigenvalue weighted by molar-refractivity contribution is 5.66. The van der Waals surface area contributed by atoms with Crippen molar-refractivity contribution in [2.75, 3.05) is 0 Å². The van der Waals surface area contributed by atoms with Crippen molar-refractivity contribution in [3.63, 3.8) is 0 Å². The Bertz CT molecular complexity index is 691. The average Bonchev–Trinajstić information content (AvgIpc) is 3.07. The Hall–Kier alpha value is -0.870. The highest BCUT2D eigenvalue weighted by Gasteiger charge is 2.64. The number of carboxylic acids is 1. The van der Waals surface area contributed by atoms with E-state index < -0.39 is 5.97 Å². The van der Waals surface area contributed by atoms with Crippen molar-refractivity contribution in [3.8, 4) is 0 Å².